The minimum absolute atomic E-state index is 0. The Labute approximate surface area is 90.4 Å². The molecule has 0 unspecified atom stereocenters. The zero-order valence-electron chi connectivity index (χ0n) is 7.39. The Morgan fingerprint density at radius 1 is 0.923 bits per heavy atom. The zero-order chi connectivity index (χ0) is 8.65. The predicted molar refractivity (Wildman–Crippen MR) is 54.2 cm³/mol. The van der Waals surface area contributed by atoms with E-state index < -0.39 is 0 Å². The summed E-state index contributed by atoms with van der Waals surface area (Å²) in [7, 11) is 0. The molecule has 1 heteroatoms. The molecule has 0 spiro atoms. The van der Waals surface area contributed by atoms with E-state index in [1.54, 1.807) is 0 Å². The molecule has 72 valence electrons. The van der Waals surface area contributed by atoms with Gasteiger partial charge >= 0.3 is 0 Å². The van der Waals surface area contributed by atoms with Crippen LogP contribution in [0.15, 0.2) is 61.2 Å². The standard InChI is InChI=1S/C7H7.C5H5.Cr/c1-2-7-5-3-4-6-7;1-2-4-5-3-1;/h2-6H,1H2;1-5H;/q-1;-5;. The summed E-state index contributed by atoms with van der Waals surface area (Å²) in [6.45, 7) is 3.60. The van der Waals surface area contributed by atoms with Crippen LogP contribution in [-0.2, 0) is 17.4 Å². The van der Waals surface area contributed by atoms with Gasteiger partial charge in [-0.2, -0.15) is 18.7 Å². The normalized spacial score (nSPS) is 7.69. The van der Waals surface area contributed by atoms with Crippen LogP contribution in [-0.4, -0.2) is 0 Å². The predicted octanol–water partition coefficient (Wildman–Crippen LogP) is 3.45. The van der Waals surface area contributed by atoms with Crippen molar-refractivity contribution in [1.29, 1.82) is 0 Å². The molecule has 0 bridgehead atoms. The van der Waals surface area contributed by atoms with E-state index in [4.69, 9.17) is 0 Å². The van der Waals surface area contributed by atoms with Gasteiger partial charge in [0.15, 0.2) is 0 Å². The van der Waals surface area contributed by atoms with Crippen molar-refractivity contribution in [3.63, 3.8) is 0 Å². The SMILES string of the molecule is C=C[c-]1cccc1.[Cr].[cH-]1[cH-][cH-][cH-][cH-]1. The minimum atomic E-state index is 0. The van der Waals surface area contributed by atoms with Crippen LogP contribution in [0.5, 0.6) is 0 Å². The van der Waals surface area contributed by atoms with Crippen molar-refractivity contribution < 1.29 is 17.4 Å². The van der Waals surface area contributed by atoms with Gasteiger partial charge in [-0.05, 0) is 0 Å². The molecule has 0 atom stereocenters. The quantitative estimate of drug-likeness (QED) is 0.629. The Kier molecular flexibility index (Phi) is 7.01. The molecule has 0 radical (unpaired) electrons. The summed E-state index contributed by atoms with van der Waals surface area (Å²) in [6.07, 6.45) is 1.83. The number of hydrogen-bond donors (Lipinski definition) is 0. The first-order valence-corrected chi connectivity index (χ1v) is 3.94. The van der Waals surface area contributed by atoms with Gasteiger partial charge in [0.25, 0.3) is 0 Å². The van der Waals surface area contributed by atoms with Crippen LogP contribution < -0.4 is 0 Å². The Morgan fingerprint density at radius 2 is 1.31 bits per heavy atom. The summed E-state index contributed by atoms with van der Waals surface area (Å²) in [6, 6.07) is 18.0. The Bertz CT molecular complexity index is 260. The first-order chi connectivity index (χ1) is 5.93. The average molecular weight is 208 g/mol. The second kappa shape index (κ2) is 7.61. The van der Waals surface area contributed by atoms with Crippen LogP contribution >= 0.6 is 0 Å². The van der Waals surface area contributed by atoms with Crippen LogP contribution in [0.3, 0.4) is 0 Å². The van der Waals surface area contributed by atoms with Gasteiger partial charge in [-0.15, -0.1) is 23.8 Å². The van der Waals surface area contributed by atoms with Crippen LogP contribution in [0.25, 0.3) is 6.08 Å². The molecule has 0 amide bonds. The average Bonchev–Trinajstić information content (AvgIpc) is 2.81. The van der Waals surface area contributed by atoms with Crippen molar-refractivity contribution >= 4 is 6.08 Å². The van der Waals surface area contributed by atoms with Crippen molar-refractivity contribution in [3.05, 3.63) is 66.7 Å². The zero-order valence-corrected chi connectivity index (χ0v) is 8.66. The van der Waals surface area contributed by atoms with Crippen molar-refractivity contribution in [2.24, 2.45) is 0 Å². The Morgan fingerprint density at radius 3 is 1.54 bits per heavy atom. The molecule has 0 heterocycles. The van der Waals surface area contributed by atoms with E-state index in [-0.39, 0.29) is 17.4 Å². The number of rotatable bonds is 1. The van der Waals surface area contributed by atoms with Gasteiger partial charge in [-0.3, -0.25) is 0 Å². The van der Waals surface area contributed by atoms with Crippen molar-refractivity contribution in [3.8, 4) is 0 Å². The van der Waals surface area contributed by atoms with E-state index in [2.05, 4.69) is 6.58 Å². The minimum Gasteiger partial charge on any atom is -0.748 e. The summed E-state index contributed by atoms with van der Waals surface area (Å²) in [5.41, 5.74) is 1.19. The summed E-state index contributed by atoms with van der Waals surface area (Å²) < 4.78 is 0. The topological polar surface area (TPSA) is 0 Å². The smallest absolute Gasteiger partial charge is 0 e. The number of hydrogen-bond acceptors (Lipinski definition) is 0. The third kappa shape index (κ3) is 5.25. The van der Waals surface area contributed by atoms with Crippen LogP contribution in [0.4, 0.5) is 0 Å². The van der Waals surface area contributed by atoms with Crippen LogP contribution in [0, 0.1) is 0 Å². The van der Waals surface area contributed by atoms with Crippen molar-refractivity contribution in [1.82, 2.24) is 0 Å². The van der Waals surface area contributed by atoms with Gasteiger partial charge in [0.05, 0.1) is 0 Å². The van der Waals surface area contributed by atoms with E-state index in [1.807, 2.05) is 60.7 Å². The monoisotopic (exact) mass is 208 g/mol. The summed E-state index contributed by atoms with van der Waals surface area (Å²) in [5, 5.41) is 0. The molecule has 13 heavy (non-hydrogen) atoms. The van der Waals surface area contributed by atoms with E-state index in [1.165, 1.54) is 5.56 Å². The van der Waals surface area contributed by atoms with E-state index in [0.717, 1.165) is 0 Å². The van der Waals surface area contributed by atoms with Crippen molar-refractivity contribution in [2.45, 2.75) is 0 Å². The molecule has 0 aliphatic carbocycles. The molecule has 0 aromatic heterocycles. The maximum Gasteiger partial charge on any atom is 0 e. The molecular formula is C12H12Cr-6. The summed E-state index contributed by atoms with van der Waals surface area (Å²) in [4.78, 5) is 0. The molecule has 0 saturated carbocycles. The fourth-order valence-corrected chi connectivity index (χ4v) is 0.846. The van der Waals surface area contributed by atoms with Gasteiger partial charge in [0.2, 0.25) is 0 Å². The fraction of sp³-hybridized carbons (Fsp3) is 0. The van der Waals surface area contributed by atoms with E-state index >= 15 is 0 Å². The fourth-order valence-electron chi connectivity index (χ4n) is 0.846. The van der Waals surface area contributed by atoms with Gasteiger partial charge in [0.1, 0.15) is 0 Å². The second-order valence-electron chi connectivity index (χ2n) is 2.38. The van der Waals surface area contributed by atoms with Crippen LogP contribution in [0.1, 0.15) is 5.56 Å². The van der Waals surface area contributed by atoms with Gasteiger partial charge in [-0.1, -0.05) is 0 Å². The maximum absolute atomic E-state index is 3.60. The molecule has 0 aliphatic heterocycles. The third-order valence-electron chi connectivity index (χ3n) is 1.48. The third-order valence-corrected chi connectivity index (χ3v) is 1.48. The molecular weight excluding hydrogens is 196 g/mol. The first-order valence-electron chi connectivity index (χ1n) is 3.94. The molecule has 0 aliphatic rings. The molecule has 2 aromatic carbocycles. The molecule has 0 fully saturated rings. The molecule has 0 saturated heterocycles. The van der Waals surface area contributed by atoms with E-state index in [9.17, 15) is 0 Å². The van der Waals surface area contributed by atoms with Crippen molar-refractivity contribution in [2.75, 3.05) is 0 Å². The maximum atomic E-state index is 3.60. The molecule has 0 nitrogen and oxygen atoms in total. The van der Waals surface area contributed by atoms with Gasteiger partial charge in [-0.25, -0.2) is 0 Å². The Hall–Kier alpha value is -1.03. The molecule has 0 N–H and O–H groups in total. The van der Waals surface area contributed by atoms with E-state index in [0.29, 0.717) is 0 Å². The first kappa shape index (κ1) is 12.0. The van der Waals surface area contributed by atoms with Gasteiger partial charge in [0, 0.05) is 17.4 Å². The van der Waals surface area contributed by atoms with Crippen LogP contribution in [0.2, 0.25) is 0 Å². The summed E-state index contributed by atoms with van der Waals surface area (Å²) >= 11 is 0. The second-order valence-corrected chi connectivity index (χ2v) is 2.38. The largest absolute Gasteiger partial charge is 0.748 e. The Balaban J connectivity index is 0.000000215. The van der Waals surface area contributed by atoms with Gasteiger partial charge < -0.3 is 30.3 Å². The molecule has 2 aromatic rings. The molecule has 2 rings (SSSR count). The summed E-state index contributed by atoms with van der Waals surface area (Å²) in [5.74, 6) is 0.